The number of hydrogen-bond acceptors (Lipinski definition) is 5. The molecule has 3 aliphatic rings. The van der Waals surface area contributed by atoms with E-state index in [1.54, 1.807) is 6.33 Å². The predicted molar refractivity (Wildman–Crippen MR) is 80.1 cm³/mol. The lowest BCUT2D eigenvalue weighted by Crippen LogP contribution is -2.62. The summed E-state index contributed by atoms with van der Waals surface area (Å²) in [6.07, 6.45) is 5.54. The summed E-state index contributed by atoms with van der Waals surface area (Å²) in [5.41, 5.74) is 6.98. The molecule has 0 radical (unpaired) electrons. The molecule has 5 rings (SSSR count). The largest absolute Gasteiger partial charge is 0.368 e. The normalized spacial score (nSPS) is 36.0. The van der Waals surface area contributed by atoms with E-state index in [-0.39, 0.29) is 22.5 Å². The van der Waals surface area contributed by atoms with Crippen LogP contribution >= 0.6 is 11.6 Å². The number of nitrogens with zero attached hydrogens (tertiary/aromatic N) is 4. The summed E-state index contributed by atoms with van der Waals surface area (Å²) in [6, 6.07) is 0.291. The molecule has 2 unspecified atom stereocenters. The van der Waals surface area contributed by atoms with Crippen LogP contribution in [0, 0.1) is 11.8 Å². The van der Waals surface area contributed by atoms with Gasteiger partial charge < -0.3 is 15.6 Å². The maximum atomic E-state index is 11.8. The van der Waals surface area contributed by atoms with Gasteiger partial charge >= 0.3 is 0 Å². The molecule has 1 saturated heterocycles. The Bertz CT molecular complexity index is 819. The number of nitrogens with two attached hydrogens (primary N) is 1. The first-order valence-corrected chi connectivity index (χ1v) is 7.90. The highest BCUT2D eigenvalue weighted by atomic mass is 35.5. The monoisotopic (exact) mass is 318 g/mol. The molecule has 114 valence electrons. The highest BCUT2D eigenvalue weighted by molar-refractivity contribution is 6.33. The number of anilines is 1. The number of hydrogen-bond donors (Lipinski definition) is 2. The lowest BCUT2D eigenvalue weighted by molar-refractivity contribution is -0.128. The van der Waals surface area contributed by atoms with Gasteiger partial charge in [0.1, 0.15) is 5.52 Å². The number of amides is 1. The van der Waals surface area contributed by atoms with Gasteiger partial charge in [-0.25, -0.2) is 4.98 Å². The van der Waals surface area contributed by atoms with Gasteiger partial charge in [0.2, 0.25) is 11.9 Å². The van der Waals surface area contributed by atoms with Crippen LogP contribution in [0.1, 0.15) is 31.7 Å². The van der Waals surface area contributed by atoms with Crippen LogP contribution in [-0.4, -0.2) is 31.0 Å². The number of aromatic nitrogens is 4. The Balaban J connectivity index is 1.57. The Morgan fingerprint density at radius 1 is 1.41 bits per heavy atom. The van der Waals surface area contributed by atoms with Gasteiger partial charge in [-0.1, -0.05) is 11.6 Å². The van der Waals surface area contributed by atoms with E-state index in [2.05, 4.69) is 24.8 Å². The minimum atomic E-state index is -0.0103. The highest BCUT2D eigenvalue weighted by Crippen LogP contribution is 2.61. The van der Waals surface area contributed by atoms with Crippen LogP contribution in [0.3, 0.4) is 0 Å². The minimum absolute atomic E-state index is 0.0103. The van der Waals surface area contributed by atoms with E-state index < -0.39 is 0 Å². The van der Waals surface area contributed by atoms with Crippen molar-refractivity contribution in [1.29, 1.82) is 0 Å². The van der Waals surface area contributed by atoms with E-state index >= 15 is 0 Å². The van der Waals surface area contributed by atoms with Crippen molar-refractivity contribution in [1.82, 2.24) is 24.8 Å². The Labute approximate surface area is 131 Å². The summed E-state index contributed by atoms with van der Waals surface area (Å²) in [4.78, 5) is 24.4. The van der Waals surface area contributed by atoms with Crippen molar-refractivity contribution in [2.75, 3.05) is 5.73 Å². The molecule has 1 aliphatic heterocycles. The summed E-state index contributed by atoms with van der Waals surface area (Å²) in [5, 5.41) is 3.51. The molecule has 2 saturated carbocycles. The van der Waals surface area contributed by atoms with E-state index in [9.17, 15) is 4.79 Å². The van der Waals surface area contributed by atoms with E-state index in [0.29, 0.717) is 35.5 Å². The van der Waals surface area contributed by atoms with Crippen LogP contribution in [0.5, 0.6) is 0 Å². The lowest BCUT2D eigenvalue weighted by atomic mass is 9.64. The maximum absolute atomic E-state index is 11.8. The van der Waals surface area contributed by atoms with Gasteiger partial charge in [0.15, 0.2) is 10.8 Å². The predicted octanol–water partition coefficient (Wildman–Crippen LogP) is 1.29. The van der Waals surface area contributed by atoms with Crippen LogP contribution in [0.2, 0.25) is 5.15 Å². The van der Waals surface area contributed by atoms with Crippen molar-refractivity contribution in [2.24, 2.45) is 11.8 Å². The second kappa shape index (κ2) is 3.90. The summed E-state index contributed by atoms with van der Waals surface area (Å²) in [5.74, 6) is 1.31. The van der Waals surface area contributed by atoms with Crippen LogP contribution in [0.15, 0.2) is 6.33 Å². The van der Waals surface area contributed by atoms with Crippen molar-refractivity contribution in [2.45, 2.75) is 37.3 Å². The van der Waals surface area contributed by atoms with Crippen LogP contribution < -0.4 is 11.1 Å². The van der Waals surface area contributed by atoms with Gasteiger partial charge in [0.05, 0.1) is 6.33 Å². The summed E-state index contributed by atoms with van der Waals surface area (Å²) >= 11 is 6.10. The molecule has 3 heterocycles. The zero-order valence-electron chi connectivity index (χ0n) is 11.8. The van der Waals surface area contributed by atoms with Crippen LogP contribution in [0.4, 0.5) is 5.95 Å². The molecule has 8 heteroatoms. The molecule has 0 aromatic carbocycles. The molecule has 7 nitrogen and oxygen atoms in total. The van der Waals surface area contributed by atoms with E-state index in [1.165, 1.54) is 0 Å². The number of carbonyl (C=O) groups is 1. The molecule has 3 N–H and O–H groups in total. The molecule has 1 spiro atoms. The van der Waals surface area contributed by atoms with Gasteiger partial charge in [-0.15, -0.1) is 0 Å². The van der Waals surface area contributed by atoms with Gasteiger partial charge in [0.25, 0.3) is 0 Å². The number of piperidine rings is 1. The SMILES string of the molecule is Nc1nc(Cl)c2ncn([C@@H]3CC45C[C@@H](CC(=O)N4)CC35)c2n1. The number of nitrogen functional groups attached to an aromatic ring is 1. The van der Waals surface area contributed by atoms with E-state index in [1.807, 2.05) is 0 Å². The smallest absolute Gasteiger partial charge is 0.223 e. The molecule has 3 fully saturated rings. The zero-order chi connectivity index (χ0) is 15.1. The van der Waals surface area contributed by atoms with E-state index in [4.69, 9.17) is 17.3 Å². The average molecular weight is 319 g/mol. The molecule has 2 aromatic heterocycles. The van der Waals surface area contributed by atoms with Gasteiger partial charge in [-0.2, -0.15) is 9.97 Å². The van der Waals surface area contributed by atoms with Crippen LogP contribution in [0.25, 0.3) is 11.2 Å². The molecule has 22 heavy (non-hydrogen) atoms. The number of halogens is 1. The average Bonchev–Trinajstić information content (AvgIpc) is 2.93. The lowest BCUT2D eigenvalue weighted by Gasteiger charge is -2.52. The van der Waals surface area contributed by atoms with Gasteiger partial charge in [-0.05, 0) is 25.2 Å². The summed E-state index contributed by atoms with van der Waals surface area (Å²) in [6.45, 7) is 0. The molecule has 2 aromatic rings. The number of nitrogens with one attached hydrogen (secondary N) is 1. The van der Waals surface area contributed by atoms with Crippen molar-refractivity contribution in [3.8, 4) is 0 Å². The summed E-state index contributed by atoms with van der Waals surface area (Å²) < 4.78 is 2.06. The third-order valence-corrected chi connectivity index (χ3v) is 5.87. The fourth-order valence-corrected chi connectivity index (χ4v) is 5.04. The summed E-state index contributed by atoms with van der Waals surface area (Å²) in [7, 11) is 0. The van der Waals surface area contributed by atoms with Gasteiger partial charge in [-0.3, -0.25) is 4.79 Å². The Morgan fingerprint density at radius 3 is 3.14 bits per heavy atom. The van der Waals surface area contributed by atoms with Crippen molar-refractivity contribution in [3.05, 3.63) is 11.5 Å². The maximum Gasteiger partial charge on any atom is 0.223 e. The Kier molecular flexibility index (Phi) is 2.24. The topological polar surface area (TPSA) is 98.7 Å². The third-order valence-electron chi connectivity index (χ3n) is 5.60. The fourth-order valence-electron chi connectivity index (χ4n) is 4.82. The number of fused-ring (bicyclic) bond motifs is 2. The number of imidazole rings is 1. The van der Waals surface area contributed by atoms with Gasteiger partial charge in [0, 0.05) is 23.9 Å². The fraction of sp³-hybridized carbons (Fsp3) is 0.571. The standard InChI is InChI=1S/C14H15ClN6O/c15-11-10-12(19-13(16)18-11)21(5-17-10)8-4-14-3-6(1-7(8)14)2-9(22)20-14/h5-8H,1-4H2,(H,20,22)(H2,16,18,19)/t6-,7?,8-,14?/m1/s1. The van der Waals surface area contributed by atoms with Crippen LogP contribution in [-0.2, 0) is 4.79 Å². The van der Waals surface area contributed by atoms with Crippen molar-refractivity contribution >= 4 is 34.6 Å². The quantitative estimate of drug-likeness (QED) is 0.772. The number of carbonyl (C=O) groups excluding carboxylic acids is 1. The number of rotatable bonds is 1. The first-order chi connectivity index (χ1) is 10.6. The second-order valence-corrected chi connectivity index (χ2v) is 7.15. The minimum Gasteiger partial charge on any atom is -0.368 e. The van der Waals surface area contributed by atoms with Crippen molar-refractivity contribution in [3.63, 3.8) is 0 Å². The zero-order valence-corrected chi connectivity index (χ0v) is 12.5. The Morgan fingerprint density at radius 2 is 2.27 bits per heavy atom. The molecule has 4 atom stereocenters. The molecule has 2 bridgehead atoms. The second-order valence-electron chi connectivity index (χ2n) is 6.79. The third kappa shape index (κ3) is 1.47. The first kappa shape index (κ1) is 12.6. The molecular weight excluding hydrogens is 304 g/mol. The molecule has 2 aliphatic carbocycles. The highest BCUT2D eigenvalue weighted by Gasteiger charge is 2.62. The molecule has 1 amide bonds. The Hall–Kier alpha value is -1.89. The first-order valence-electron chi connectivity index (χ1n) is 7.52. The van der Waals surface area contributed by atoms with Crippen molar-refractivity contribution < 1.29 is 4.79 Å². The van der Waals surface area contributed by atoms with E-state index in [0.717, 1.165) is 19.3 Å². The molecular formula is C14H15ClN6O.